The number of nitrogens with one attached hydrogen (secondary N) is 2. The molecule has 0 saturated carbocycles. The van der Waals surface area contributed by atoms with Crippen molar-refractivity contribution in [3.63, 3.8) is 0 Å². The van der Waals surface area contributed by atoms with Gasteiger partial charge < -0.3 is 10.6 Å². The maximum Gasteiger partial charge on any atom is 0.222 e. The highest BCUT2D eigenvalue weighted by molar-refractivity contribution is 5.77. The number of aryl methyl sites for hydroxylation is 1. The lowest BCUT2D eigenvalue weighted by atomic mass is 10.2. The van der Waals surface area contributed by atoms with Gasteiger partial charge in [0.05, 0.1) is 0 Å². The van der Waals surface area contributed by atoms with Crippen LogP contribution in [-0.4, -0.2) is 38.7 Å². The molecule has 21 heavy (non-hydrogen) atoms. The van der Waals surface area contributed by atoms with Gasteiger partial charge in [0.15, 0.2) is 5.82 Å². The normalized spacial score (nSPS) is 10.7. The van der Waals surface area contributed by atoms with E-state index < -0.39 is 0 Å². The predicted octanol–water partition coefficient (Wildman–Crippen LogP) is 1.15. The molecule has 0 aromatic carbocycles. The number of anilines is 1. The van der Waals surface area contributed by atoms with Gasteiger partial charge in [-0.05, 0) is 13.0 Å². The summed E-state index contributed by atoms with van der Waals surface area (Å²) in [6.45, 7) is 6.73. The fourth-order valence-electron chi connectivity index (χ4n) is 1.74. The van der Waals surface area contributed by atoms with Crippen LogP contribution in [0.15, 0.2) is 24.5 Å². The Morgan fingerprint density at radius 2 is 2.14 bits per heavy atom. The van der Waals surface area contributed by atoms with Crippen molar-refractivity contribution in [1.29, 1.82) is 0 Å². The topological polar surface area (TPSA) is 84.7 Å². The summed E-state index contributed by atoms with van der Waals surface area (Å²) < 4.78 is 1.68. The minimum Gasteiger partial charge on any atom is -0.368 e. The van der Waals surface area contributed by atoms with E-state index in [1.54, 1.807) is 10.9 Å². The number of rotatable bonds is 6. The summed E-state index contributed by atoms with van der Waals surface area (Å²) in [7, 11) is 0. The Balaban J connectivity index is 1.93. The quantitative estimate of drug-likeness (QED) is 0.779. The molecule has 0 saturated heterocycles. The number of hydrogen-bond acceptors (Lipinski definition) is 5. The highest BCUT2D eigenvalue weighted by Gasteiger charge is 2.06. The summed E-state index contributed by atoms with van der Waals surface area (Å²) in [6, 6.07) is 3.66. The van der Waals surface area contributed by atoms with Gasteiger partial charge in [-0.3, -0.25) is 4.79 Å². The monoisotopic (exact) mass is 288 g/mol. The van der Waals surface area contributed by atoms with Gasteiger partial charge in [-0.2, -0.15) is 5.10 Å². The lowest BCUT2D eigenvalue weighted by Crippen LogP contribution is -2.32. The molecule has 0 fully saturated rings. The van der Waals surface area contributed by atoms with E-state index in [1.165, 1.54) is 0 Å². The van der Waals surface area contributed by atoms with Crippen molar-refractivity contribution in [1.82, 2.24) is 25.1 Å². The van der Waals surface area contributed by atoms with Crippen LogP contribution in [0.2, 0.25) is 0 Å². The van der Waals surface area contributed by atoms with Crippen LogP contribution in [0.4, 0.5) is 5.82 Å². The second-order valence-electron chi connectivity index (χ2n) is 4.98. The number of carbonyl (C=O) groups is 1. The first-order chi connectivity index (χ1) is 10.1. The molecule has 0 radical (unpaired) electrons. The van der Waals surface area contributed by atoms with Gasteiger partial charge in [-0.1, -0.05) is 13.8 Å². The van der Waals surface area contributed by atoms with Crippen molar-refractivity contribution in [2.45, 2.75) is 20.8 Å². The minimum atomic E-state index is -0.00212. The fraction of sp³-hybridized carbons (Fsp3) is 0.429. The van der Waals surface area contributed by atoms with Crippen LogP contribution in [0.3, 0.4) is 0 Å². The second-order valence-corrected chi connectivity index (χ2v) is 4.98. The van der Waals surface area contributed by atoms with E-state index in [9.17, 15) is 4.79 Å². The van der Waals surface area contributed by atoms with E-state index in [1.807, 2.05) is 39.1 Å². The van der Waals surface area contributed by atoms with Crippen LogP contribution >= 0.6 is 0 Å². The van der Waals surface area contributed by atoms with Gasteiger partial charge in [0, 0.05) is 37.5 Å². The Morgan fingerprint density at radius 3 is 2.81 bits per heavy atom. The third-order valence-corrected chi connectivity index (χ3v) is 2.82. The number of carbonyl (C=O) groups excluding carboxylic acids is 1. The zero-order chi connectivity index (χ0) is 15.2. The predicted molar refractivity (Wildman–Crippen MR) is 80.2 cm³/mol. The van der Waals surface area contributed by atoms with Crippen LogP contribution < -0.4 is 10.6 Å². The lowest BCUT2D eigenvalue weighted by molar-refractivity contribution is -0.123. The summed E-state index contributed by atoms with van der Waals surface area (Å²) >= 11 is 0. The summed E-state index contributed by atoms with van der Waals surface area (Å²) in [5.74, 6) is 2.13. The zero-order valence-electron chi connectivity index (χ0n) is 12.5. The van der Waals surface area contributed by atoms with Crippen molar-refractivity contribution >= 4 is 11.7 Å². The lowest BCUT2D eigenvalue weighted by Gasteiger charge is -2.10. The Bertz CT molecular complexity index is 594. The molecule has 0 bridgehead atoms. The van der Waals surface area contributed by atoms with Crippen molar-refractivity contribution in [2.24, 2.45) is 5.92 Å². The minimum absolute atomic E-state index is 0.00212. The van der Waals surface area contributed by atoms with Crippen LogP contribution in [-0.2, 0) is 4.79 Å². The van der Waals surface area contributed by atoms with E-state index in [4.69, 9.17) is 0 Å². The molecular weight excluding hydrogens is 268 g/mol. The molecule has 0 unspecified atom stereocenters. The van der Waals surface area contributed by atoms with Crippen molar-refractivity contribution in [3.05, 3.63) is 30.4 Å². The summed E-state index contributed by atoms with van der Waals surface area (Å²) in [4.78, 5) is 20.1. The molecule has 7 nitrogen and oxygen atoms in total. The molecule has 1 amide bonds. The van der Waals surface area contributed by atoms with Gasteiger partial charge >= 0.3 is 0 Å². The van der Waals surface area contributed by atoms with E-state index in [-0.39, 0.29) is 11.8 Å². The molecule has 2 aromatic heterocycles. The van der Waals surface area contributed by atoms with Gasteiger partial charge in [0.2, 0.25) is 5.91 Å². The van der Waals surface area contributed by atoms with Gasteiger partial charge in [-0.25, -0.2) is 14.6 Å². The van der Waals surface area contributed by atoms with Gasteiger partial charge in [0.1, 0.15) is 11.6 Å². The number of nitrogens with zero attached hydrogens (tertiary/aromatic N) is 4. The standard InChI is InChI=1S/C14H20N6O/c1-10(2)14(21)16-7-6-15-12-9-13(19-11(3)18-12)20-8-4-5-17-20/h4-5,8-10H,6-7H2,1-3H3,(H,16,21)(H,15,18,19). The molecule has 2 rings (SSSR count). The smallest absolute Gasteiger partial charge is 0.222 e. The van der Waals surface area contributed by atoms with E-state index in [0.29, 0.717) is 30.5 Å². The maximum atomic E-state index is 11.4. The summed E-state index contributed by atoms with van der Waals surface area (Å²) in [6.07, 6.45) is 3.53. The Hall–Kier alpha value is -2.44. The van der Waals surface area contributed by atoms with Crippen LogP contribution in [0.25, 0.3) is 5.82 Å². The maximum absolute atomic E-state index is 11.4. The largest absolute Gasteiger partial charge is 0.368 e. The second kappa shape index (κ2) is 6.83. The highest BCUT2D eigenvalue weighted by atomic mass is 16.1. The molecule has 0 aliphatic rings. The van der Waals surface area contributed by atoms with Gasteiger partial charge in [-0.15, -0.1) is 0 Å². The highest BCUT2D eigenvalue weighted by Crippen LogP contribution is 2.09. The molecule has 0 aliphatic carbocycles. The van der Waals surface area contributed by atoms with E-state index in [0.717, 1.165) is 0 Å². The molecule has 0 atom stereocenters. The molecular formula is C14H20N6O. The van der Waals surface area contributed by atoms with E-state index in [2.05, 4.69) is 25.7 Å². The molecule has 2 heterocycles. The molecule has 112 valence electrons. The first-order valence-electron chi connectivity index (χ1n) is 6.93. The first kappa shape index (κ1) is 15.0. The zero-order valence-corrected chi connectivity index (χ0v) is 12.5. The van der Waals surface area contributed by atoms with Crippen LogP contribution in [0.1, 0.15) is 19.7 Å². The molecule has 2 aromatic rings. The third-order valence-electron chi connectivity index (χ3n) is 2.82. The van der Waals surface area contributed by atoms with Crippen molar-refractivity contribution in [2.75, 3.05) is 18.4 Å². The number of aromatic nitrogens is 4. The summed E-state index contributed by atoms with van der Waals surface area (Å²) in [5, 5.41) is 10.2. The first-order valence-corrected chi connectivity index (χ1v) is 6.93. The van der Waals surface area contributed by atoms with E-state index >= 15 is 0 Å². The molecule has 0 aliphatic heterocycles. The molecule has 7 heteroatoms. The van der Waals surface area contributed by atoms with Crippen LogP contribution in [0.5, 0.6) is 0 Å². The molecule has 0 spiro atoms. The third kappa shape index (κ3) is 4.27. The van der Waals surface area contributed by atoms with Gasteiger partial charge in [0.25, 0.3) is 0 Å². The summed E-state index contributed by atoms with van der Waals surface area (Å²) in [5.41, 5.74) is 0. The van der Waals surface area contributed by atoms with Crippen molar-refractivity contribution < 1.29 is 4.79 Å². The SMILES string of the molecule is Cc1nc(NCCNC(=O)C(C)C)cc(-n2cccn2)n1. The average molecular weight is 288 g/mol. The Morgan fingerprint density at radius 1 is 1.33 bits per heavy atom. The number of amides is 1. The van der Waals surface area contributed by atoms with Crippen molar-refractivity contribution in [3.8, 4) is 5.82 Å². The number of hydrogen-bond donors (Lipinski definition) is 2. The van der Waals surface area contributed by atoms with Crippen LogP contribution in [0, 0.1) is 12.8 Å². The Labute approximate surface area is 123 Å². The Kier molecular flexibility index (Phi) is 4.86. The molecule has 2 N–H and O–H groups in total. The fourth-order valence-corrected chi connectivity index (χ4v) is 1.74. The average Bonchev–Trinajstić information content (AvgIpc) is 2.96.